The van der Waals surface area contributed by atoms with Gasteiger partial charge < -0.3 is 9.84 Å². The maximum absolute atomic E-state index is 12.7. The summed E-state index contributed by atoms with van der Waals surface area (Å²) < 4.78 is 30.6. The first-order valence-electron chi connectivity index (χ1n) is 9.94. The van der Waals surface area contributed by atoms with Crippen LogP contribution in [0.15, 0.2) is 33.7 Å². The van der Waals surface area contributed by atoms with Crippen molar-refractivity contribution in [1.29, 1.82) is 0 Å². The number of nitrogens with one attached hydrogen (secondary N) is 1. The molecule has 1 amide bonds. The summed E-state index contributed by atoms with van der Waals surface area (Å²) in [5.74, 6) is 1.08. The van der Waals surface area contributed by atoms with E-state index in [0.717, 1.165) is 25.7 Å². The lowest BCUT2D eigenvalue weighted by Gasteiger charge is -2.12. The van der Waals surface area contributed by atoms with Gasteiger partial charge in [-0.3, -0.25) is 4.79 Å². The Labute approximate surface area is 165 Å². The molecule has 152 valence electrons. The molecule has 0 bridgehead atoms. The van der Waals surface area contributed by atoms with Crippen LogP contribution in [0.1, 0.15) is 63.6 Å². The molecule has 1 saturated carbocycles. The van der Waals surface area contributed by atoms with Crippen LogP contribution in [0.2, 0.25) is 0 Å². The highest BCUT2D eigenvalue weighted by atomic mass is 32.2. The molecule has 2 aromatic rings. The minimum absolute atomic E-state index is 0.163. The molecule has 3 rings (SSSR count). The van der Waals surface area contributed by atoms with Gasteiger partial charge in [0.2, 0.25) is 11.8 Å². The highest BCUT2D eigenvalue weighted by molar-refractivity contribution is 7.92. The second-order valence-electron chi connectivity index (χ2n) is 7.24. The zero-order chi connectivity index (χ0) is 20.0. The van der Waals surface area contributed by atoms with E-state index in [1.165, 1.54) is 0 Å². The van der Waals surface area contributed by atoms with E-state index in [-0.39, 0.29) is 16.1 Å². The van der Waals surface area contributed by atoms with Crippen LogP contribution in [-0.4, -0.2) is 29.7 Å². The van der Waals surface area contributed by atoms with Gasteiger partial charge in [-0.05, 0) is 43.9 Å². The number of anilines is 1. The van der Waals surface area contributed by atoms with Gasteiger partial charge in [-0.1, -0.05) is 31.0 Å². The van der Waals surface area contributed by atoms with Gasteiger partial charge in [0.15, 0.2) is 15.7 Å². The lowest BCUT2D eigenvalue weighted by Crippen LogP contribution is -2.18. The number of nitrogens with zero attached hydrogens (tertiary/aromatic N) is 2. The summed E-state index contributed by atoms with van der Waals surface area (Å²) in [5.41, 5.74) is 0.507. The van der Waals surface area contributed by atoms with Gasteiger partial charge in [-0.15, -0.1) is 0 Å². The van der Waals surface area contributed by atoms with Crippen molar-refractivity contribution in [2.45, 2.75) is 74.9 Å². The van der Waals surface area contributed by atoms with Crippen molar-refractivity contribution in [3.05, 3.63) is 36.0 Å². The van der Waals surface area contributed by atoms with Crippen LogP contribution in [-0.2, 0) is 27.5 Å². The summed E-state index contributed by atoms with van der Waals surface area (Å²) in [6.45, 7) is 2.05. The Morgan fingerprint density at radius 2 is 2.04 bits per heavy atom. The van der Waals surface area contributed by atoms with Gasteiger partial charge in [0, 0.05) is 24.9 Å². The van der Waals surface area contributed by atoms with Crippen molar-refractivity contribution in [2.75, 3.05) is 5.32 Å². The maximum atomic E-state index is 12.7. The molecule has 7 nitrogen and oxygen atoms in total. The predicted molar refractivity (Wildman–Crippen MR) is 106 cm³/mol. The zero-order valence-corrected chi connectivity index (χ0v) is 17.0. The minimum atomic E-state index is -3.33. The first-order valence-corrected chi connectivity index (χ1v) is 11.5. The van der Waals surface area contributed by atoms with Gasteiger partial charge in [0.05, 0.1) is 10.1 Å². The molecule has 0 spiro atoms. The fraction of sp³-hybridized carbons (Fsp3) is 0.550. The molecule has 1 fully saturated rings. The van der Waals surface area contributed by atoms with Crippen LogP contribution in [0.3, 0.4) is 0 Å². The predicted octanol–water partition coefficient (Wildman–Crippen LogP) is 3.70. The third-order valence-electron chi connectivity index (χ3n) is 4.97. The van der Waals surface area contributed by atoms with E-state index in [1.54, 1.807) is 24.3 Å². The maximum Gasteiger partial charge on any atom is 0.226 e. The average molecular weight is 406 g/mol. The van der Waals surface area contributed by atoms with Crippen LogP contribution >= 0.6 is 0 Å². The molecule has 0 radical (unpaired) electrons. The van der Waals surface area contributed by atoms with Crippen molar-refractivity contribution in [2.24, 2.45) is 0 Å². The molecule has 8 heteroatoms. The van der Waals surface area contributed by atoms with Gasteiger partial charge >= 0.3 is 0 Å². The topological polar surface area (TPSA) is 102 Å². The monoisotopic (exact) mass is 405 g/mol. The van der Waals surface area contributed by atoms with Crippen LogP contribution in [0.25, 0.3) is 0 Å². The first-order chi connectivity index (χ1) is 13.5. The summed E-state index contributed by atoms with van der Waals surface area (Å²) in [4.78, 5) is 16.8. The van der Waals surface area contributed by atoms with E-state index >= 15 is 0 Å². The molecular weight excluding hydrogens is 378 g/mol. The number of carbonyl (C=O) groups excluding carboxylic acids is 1. The number of rotatable bonds is 9. The number of carbonyl (C=O) groups is 1. The van der Waals surface area contributed by atoms with E-state index in [2.05, 4.69) is 15.5 Å². The number of amides is 1. The van der Waals surface area contributed by atoms with Crippen LogP contribution in [0, 0.1) is 0 Å². The van der Waals surface area contributed by atoms with Crippen molar-refractivity contribution < 1.29 is 17.7 Å². The molecule has 1 heterocycles. The minimum Gasteiger partial charge on any atom is -0.339 e. The summed E-state index contributed by atoms with van der Waals surface area (Å²) in [7, 11) is -3.33. The normalized spacial score (nSPS) is 15.0. The van der Waals surface area contributed by atoms with E-state index in [0.29, 0.717) is 49.5 Å². The van der Waals surface area contributed by atoms with Crippen molar-refractivity contribution in [3.63, 3.8) is 0 Å². The summed E-state index contributed by atoms with van der Waals surface area (Å²) in [6, 6.07) is 6.54. The number of hydrogen-bond acceptors (Lipinski definition) is 6. The molecule has 1 aliphatic rings. The zero-order valence-electron chi connectivity index (χ0n) is 16.2. The fourth-order valence-electron chi connectivity index (χ4n) is 3.48. The fourth-order valence-corrected chi connectivity index (χ4v) is 5.38. The Hall–Kier alpha value is -2.22. The third-order valence-corrected chi connectivity index (χ3v) is 7.23. The molecule has 28 heavy (non-hydrogen) atoms. The molecule has 0 unspecified atom stereocenters. The van der Waals surface area contributed by atoms with E-state index in [4.69, 9.17) is 4.52 Å². The number of aryl methyl sites for hydroxylation is 2. The standard InChI is InChI=1S/C20H27N3O4S/c1-2-7-18-22-20(27-23-18)13-6-12-19(24)21-15-8-5-11-17(14-15)28(25,26)16-9-3-4-10-16/h5,8,11,14,16H,2-4,6-7,9-10,12-13H2,1H3,(H,21,24). The van der Waals surface area contributed by atoms with Crippen LogP contribution in [0.5, 0.6) is 0 Å². The number of hydrogen-bond donors (Lipinski definition) is 1. The highest BCUT2D eigenvalue weighted by Gasteiger charge is 2.30. The second kappa shape index (κ2) is 9.32. The number of sulfone groups is 1. The molecule has 0 aliphatic heterocycles. The Morgan fingerprint density at radius 1 is 1.25 bits per heavy atom. The molecule has 1 aromatic heterocycles. The van der Waals surface area contributed by atoms with E-state index < -0.39 is 9.84 Å². The van der Waals surface area contributed by atoms with Crippen LogP contribution < -0.4 is 5.32 Å². The Kier molecular flexibility index (Phi) is 6.83. The molecule has 1 N–H and O–H groups in total. The van der Waals surface area contributed by atoms with Gasteiger partial charge in [0.1, 0.15) is 0 Å². The molecule has 1 aliphatic carbocycles. The number of aromatic nitrogens is 2. The molecule has 0 atom stereocenters. The molecule has 0 saturated heterocycles. The number of benzene rings is 1. The first kappa shape index (κ1) is 20.5. The molecule has 1 aromatic carbocycles. The third kappa shape index (κ3) is 5.19. The second-order valence-corrected chi connectivity index (χ2v) is 9.46. The average Bonchev–Trinajstić information content (AvgIpc) is 3.35. The van der Waals surface area contributed by atoms with Gasteiger partial charge in [-0.2, -0.15) is 4.98 Å². The molecular formula is C20H27N3O4S. The van der Waals surface area contributed by atoms with Crippen LogP contribution in [0.4, 0.5) is 5.69 Å². The smallest absolute Gasteiger partial charge is 0.226 e. The van der Waals surface area contributed by atoms with Gasteiger partial charge in [0.25, 0.3) is 0 Å². The Balaban J connectivity index is 1.52. The highest BCUT2D eigenvalue weighted by Crippen LogP contribution is 2.30. The Morgan fingerprint density at radius 3 is 2.79 bits per heavy atom. The SMILES string of the molecule is CCCc1noc(CCCC(=O)Nc2cccc(S(=O)(=O)C3CCCC3)c2)n1. The van der Waals surface area contributed by atoms with Crippen molar-refractivity contribution in [3.8, 4) is 0 Å². The lowest BCUT2D eigenvalue weighted by atomic mass is 10.2. The van der Waals surface area contributed by atoms with Gasteiger partial charge in [-0.25, -0.2) is 8.42 Å². The Bertz CT molecular complexity index is 902. The quantitative estimate of drug-likeness (QED) is 0.682. The van der Waals surface area contributed by atoms with E-state index in [9.17, 15) is 13.2 Å². The van der Waals surface area contributed by atoms with Crippen molar-refractivity contribution in [1.82, 2.24) is 10.1 Å². The largest absolute Gasteiger partial charge is 0.339 e. The lowest BCUT2D eigenvalue weighted by molar-refractivity contribution is -0.116. The summed E-state index contributed by atoms with van der Waals surface area (Å²) in [5, 5.41) is 6.38. The summed E-state index contributed by atoms with van der Waals surface area (Å²) in [6.07, 6.45) is 6.51. The summed E-state index contributed by atoms with van der Waals surface area (Å²) >= 11 is 0. The van der Waals surface area contributed by atoms with Crippen molar-refractivity contribution >= 4 is 21.4 Å². The van der Waals surface area contributed by atoms with E-state index in [1.807, 2.05) is 6.92 Å².